The highest BCUT2D eigenvalue weighted by Crippen LogP contribution is 2.48. The van der Waals surface area contributed by atoms with E-state index in [1.54, 1.807) is 0 Å². The monoisotopic (exact) mass is 292 g/mol. The van der Waals surface area contributed by atoms with E-state index in [2.05, 4.69) is 0 Å². The van der Waals surface area contributed by atoms with Gasteiger partial charge in [-0.05, 0) is 31.1 Å². The maximum absolute atomic E-state index is 12.1. The molecule has 0 saturated heterocycles. The summed E-state index contributed by atoms with van der Waals surface area (Å²) < 4.78 is 82.2. The van der Waals surface area contributed by atoms with E-state index in [9.17, 15) is 26.3 Å². The van der Waals surface area contributed by atoms with Crippen molar-refractivity contribution in [2.24, 2.45) is 11.8 Å². The molecule has 0 heterocycles. The van der Waals surface area contributed by atoms with Gasteiger partial charge < -0.3 is 9.47 Å². The average Bonchev–Trinajstić information content (AvgIpc) is 2.81. The number of rotatable bonds is 4. The van der Waals surface area contributed by atoms with Gasteiger partial charge in [-0.1, -0.05) is 0 Å². The van der Waals surface area contributed by atoms with Gasteiger partial charge in [0.15, 0.2) is 0 Å². The van der Waals surface area contributed by atoms with Gasteiger partial charge in [-0.15, -0.1) is 0 Å². The van der Waals surface area contributed by atoms with Crippen LogP contribution in [0.1, 0.15) is 19.3 Å². The summed E-state index contributed by atoms with van der Waals surface area (Å²) in [6, 6.07) is 0. The minimum Gasteiger partial charge on any atom is -0.366 e. The molecule has 0 aromatic rings. The molecular formula is C11H14F6O2. The molecule has 4 atom stereocenters. The lowest BCUT2D eigenvalue weighted by Crippen LogP contribution is -2.40. The fourth-order valence-corrected chi connectivity index (χ4v) is 3.03. The van der Waals surface area contributed by atoms with Gasteiger partial charge in [0.2, 0.25) is 0 Å². The van der Waals surface area contributed by atoms with Crippen LogP contribution in [-0.2, 0) is 9.47 Å². The Labute approximate surface area is 106 Å². The van der Waals surface area contributed by atoms with Crippen LogP contribution in [0, 0.1) is 11.8 Å². The third kappa shape index (κ3) is 3.98. The number of hydrogen-bond acceptors (Lipinski definition) is 2. The lowest BCUT2D eigenvalue weighted by atomic mass is 9.94. The predicted molar refractivity (Wildman–Crippen MR) is 52.4 cm³/mol. The van der Waals surface area contributed by atoms with Crippen molar-refractivity contribution in [1.82, 2.24) is 0 Å². The first-order valence-corrected chi connectivity index (χ1v) is 6.02. The molecule has 2 bridgehead atoms. The fraction of sp³-hybridized carbons (Fsp3) is 1.00. The van der Waals surface area contributed by atoms with E-state index in [1.165, 1.54) is 0 Å². The molecule has 0 spiro atoms. The Bertz CT molecular complexity index is 283. The Hall–Kier alpha value is -0.500. The third-order valence-corrected chi connectivity index (χ3v) is 3.65. The van der Waals surface area contributed by atoms with E-state index >= 15 is 0 Å². The Morgan fingerprint density at radius 2 is 1.11 bits per heavy atom. The van der Waals surface area contributed by atoms with E-state index in [1.807, 2.05) is 0 Å². The SMILES string of the molecule is FC(F)(F)CO[C@@H]1[C@@H]2CC[C@@H](C2)[C@H]1OCC(F)(F)F. The summed E-state index contributed by atoms with van der Waals surface area (Å²) in [5, 5.41) is 0. The number of ether oxygens (including phenoxy) is 2. The van der Waals surface area contributed by atoms with Crippen molar-refractivity contribution >= 4 is 0 Å². The maximum atomic E-state index is 12.1. The van der Waals surface area contributed by atoms with Crippen molar-refractivity contribution in [2.45, 2.75) is 43.8 Å². The molecule has 2 aliphatic carbocycles. The van der Waals surface area contributed by atoms with Gasteiger partial charge >= 0.3 is 12.4 Å². The van der Waals surface area contributed by atoms with Gasteiger partial charge in [0.25, 0.3) is 0 Å². The second-order valence-corrected chi connectivity index (χ2v) is 5.11. The molecule has 0 unspecified atom stereocenters. The summed E-state index contributed by atoms with van der Waals surface area (Å²) in [6.07, 6.45) is -8.72. The molecule has 8 heteroatoms. The van der Waals surface area contributed by atoms with Crippen molar-refractivity contribution in [3.63, 3.8) is 0 Å². The molecule has 0 amide bonds. The van der Waals surface area contributed by atoms with Crippen molar-refractivity contribution < 1.29 is 35.8 Å². The first-order chi connectivity index (χ1) is 8.66. The largest absolute Gasteiger partial charge is 0.411 e. The first kappa shape index (κ1) is 14.9. The van der Waals surface area contributed by atoms with E-state index in [0.717, 1.165) is 0 Å². The zero-order valence-electron chi connectivity index (χ0n) is 9.93. The van der Waals surface area contributed by atoms with Gasteiger partial charge in [-0.25, -0.2) is 0 Å². The van der Waals surface area contributed by atoms with Gasteiger partial charge in [-0.2, -0.15) is 26.3 Å². The minimum atomic E-state index is -4.48. The summed E-state index contributed by atoms with van der Waals surface area (Å²) in [5.41, 5.74) is 0. The Morgan fingerprint density at radius 1 is 0.737 bits per heavy atom. The van der Waals surface area contributed by atoms with Crippen LogP contribution in [0.25, 0.3) is 0 Å². The van der Waals surface area contributed by atoms with E-state index < -0.39 is 37.8 Å². The predicted octanol–water partition coefficient (Wildman–Crippen LogP) is 3.31. The van der Waals surface area contributed by atoms with Crippen LogP contribution in [0.5, 0.6) is 0 Å². The van der Waals surface area contributed by atoms with Crippen LogP contribution in [0.2, 0.25) is 0 Å². The normalized spacial score (nSPS) is 35.1. The van der Waals surface area contributed by atoms with Crippen LogP contribution in [0.3, 0.4) is 0 Å². The van der Waals surface area contributed by atoms with Crippen molar-refractivity contribution in [3.8, 4) is 0 Å². The smallest absolute Gasteiger partial charge is 0.366 e. The third-order valence-electron chi connectivity index (χ3n) is 3.65. The molecule has 2 rings (SSSR count). The summed E-state index contributed by atoms with van der Waals surface area (Å²) in [7, 11) is 0. The molecule has 0 aromatic carbocycles. The standard InChI is InChI=1S/C11H14F6O2/c12-10(13,14)4-18-8-6-1-2-7(3-6)9(8)19-5-11(15,16)17/h6-9H,1-5H2/t6-,7+,8-,9-/m1/s1. The summed E-state index contributed by atoms with van der Waals surface area (Å²) in [4.78, 5) is 0. The van der Waals surface area contributed by atoms with Crippen LogP contribution in [-0.4, -0.2) is 37.8 Å². The van der Waals surface area contributed by atoms with Crippen LogP contribution in [0.4, 0.5) is 26.3 Å². The first-order valence-electron chi connectivity index (χ1n) is 6.02. The van der Waals surface area contributed by atoms with Gasteiger partial charge in [0.1, 0.15) is 13.2 Å². The minimum absolute atomic E-state index is 0.120. The van der Waals surface area contributed by atoms with Crippen LogP contribution < -0.4 is 0 Å². The summed E-state index contributed by atoms with van der Waals surface area (Å²) >= 11 is 0. The topological polar surface area (TPSA) is 18.5 Å². The molecule has 2 saturated carbocycles. The van der Waals surface area contributed by atoms with Gasteiger partial charge in [0, 0.05) is 0 Å². The highest BCUT2D eigenvalue weighted by Gasteiger charge is 2.51. The second kappa shape index (κ2) is 5.12. The van der Waals surface area contributed by atoms with Crippen molar-refractivity contribution in [2.75, 3.05) is 13.2 Å². The lowest BCUT2D eigenvalue weighted by molar-refractivity contribution is -0.226. The van der Waals surface area contributed by atoms with Crippen molar-refractivity contribution in [1.29, 1.82) is 0 Å². The van der Waals surface area contributed by atoms with Crippen molar-refractivity contribution in [3.05, 3.63) is 0 Å². The Balaban J connectivity index is 1.91. The molecule has 19 heavy (non-hydrogen) atoms. The molecule has 0 radical (unpaired) electrons. The molecule has 2 fully saturated rings. The lowest BCUT2D eigenvalue weighted by Gasteiger charge is -2.31. The Morgan fingerprint density at radius 3 is 1.42 bits per heavy atom. The number of halogens is 6. The molecular weight excluding hydrogens is 278 g/mol. The van der Waals surface area contributed by atoms with E-state index in [-0.39, 0.29) is 11.8 Å². The van der Waals surface area contributed by atoms with Gasteiger partial charge in [0.05, 0.1) is 12.2 Å². The highest BCUT2D eigenvalue weighted by molar-refractivity contribution is 4.99. The molecule has 2 nitrogen and oxygen atoms in total. The number of alkyl halides is 6. The molecule has 0 N–H and O–H groups in total. The molecule has 0 aromatic heterocycles. The van der Waals surface area contributed by atoms with E-state index in [0.29, 0.717) is 19.3 Å². The fourth-order valence-electron chi connectivity index (χ4n) is 3.03. The Kier molecular flexibility index (Phi) is 4.02. The van der Waals surface area contributed by atoms with E-state index in [4.69, 9.17) is 9.47 Å². The quantitative estimate of drug-likeness (QED) is 0.740. The van der Waals surface area contributed by atoms with Crippen LogP contribution in [0.15, 0.2) is 0 Å². The average molecular weight is 292 g/mol. The molecule has 0 aliphatic heterocycles. The maximum Gasteiger partial charge on any atom is 0.411 e. The molecule has 2 aliphatic rings. The van der Waals surface area contributed by atoms with Crippen LogP contribution >= 0.6 is 0 Å². The zero-order chi connectivity index (χ0) is 14.3. The summed E-state index contributed by atoms with van der Waals surface area (Å²) in [6.45, 7) is -2.88. The second-order valence-electron chi connectivity index (χ2n) is 5.11. The summed E-state index contributed by atoms with van der Waals surface area (Å²) in [5.74, 6) is -0.240. The molecule has 112 valence electrons. The van der Waals surface area contributed by atoms with Gasteiger partial charge in [-0.3, -0.25) is 0 Å². The zero-order valence-corrected chi connectivity index (χ0v) is 9.93. The number of hydrogen-bond donors (Lipinski definition) is 0. The number of fused-ring (bicyclic) bond motifs is 2. The highest BCUT2D eigenvalue weighted by atomic mass is 19.4.